The van der Waals surface area contributed by atoms with Crippen molar-refractivity contribution in [3.8, 4) is 0 Å². The number of halogens is 2. The predicted octanol–water partition coefficient (Wildman–Crippen LogP) is 4.52. The van der Waals surface area contributed by atoms with Crippen LogP contribution in [0.2, 0.25) is 0 Å². The van der Waals surface area contributed by atoms with Crippen molar-refractivity contribution in [2.75, 3.05) is 39.3 Å². The van der Waals surface area contributed by atoms with E-state index >= 15 is 8.78 Å². The molecule has 0 aromatic carbocycles. The van der Waals surface area contributed by atoms with Crippen molar-refractivity contribution in [2.45, 2.75) is 101 Å². The lowest BCUT2D eigenvalue weighted by Crippen LogP contribution is -2.58. The summed E-state index contributed by atoms with van der Waals surface area (Å²) in [7, 11) is 0. The van der Waals surface area contributed by atoms with Crippen molar-refractivity contribution in [3.05, 3.63) is 10.8 Å². The van der Waals surface area contributed by atoms with E-state index < -0.39 is 11.8 Å². The number of carbonyl (C=O) groups excluding carboxylic acids is 1. The minimum Gasteiger partial charge on any atom is -0.343 e. The van der Waals surface area contributed by atoms with Crippen LogP contribution >= 0.6 is 11.5 Å². The first kappa shape index (κ1) is 25.5. The number of alkyl halides is 2. The molecule has 0 bridgehead atoms. The van der Waals surface area contributed by atoms with Gasteiger partial charge in [0, 0.05) is 81.4 Å². The van der Waals surface area contributed by atoms with Gasteiger partial charge in [-0.25, -0.2) is 13.8 Å². The number of aromatic nitrogens is 2. The Labute approximate surface area is 212 Å². The topological polar surface area (TPSA) is 52.6 Å². The van der Waals surface area contributed by atoms with E-state index in [0.29, 0.717) is 31.5 Å². The highest BCUT2D eigenvalue weighted by atomic mass is 32.1. The van der Waals surface area contributed by atoms with Gasteiger partial charge in [-0.3, -0.25) is 14.6 Å². The molecule has 0 spiro atoms. The van der Waals surface area contributed by atoms with E-state index in [0.717, 1.165) is 56.3 Å². The first-order valence-electron chi connectivity index (χ1n) is 13.6. The Morgan fingerprint density at radius 3 is 2.37 bits per heavy atom. The van der Waals surface area contributed by atoms with Crippen LogP contribution in [-0.4, -0.2) is 87.2 Å². The summed E-state index contributed by atoms with van der Waals surface area (Å²) in [5.41, 5.74) is -0.131. The van der Waals surface area contributed by atoms with E-state index in [1.165, 1.54) is 24.4 Å². The van der Waals surface area contributed by atoms with Crippen LogP contribution in [0.4, 0.5) is 8.78 Å². The van der Waals surface area contributed by atoms with Crippen molar-refractivity contribution >= 4 is 17.4 Å². The molecule has 5 rings (SSSR count). The summed E-state index contributed by atoms with van der Waals surface area (Å²) in [5, 5.41) is 1.15. The van der Waals surface area contributed by atoms with Gasteiger partial charge in [-0.1, -0.05) is 6.92 Å². The second kappa shape index (κ2) is 9.93. The summed E-state index contributed by atoms with van der Waals surface area (Å²) in [6, 6.07) is 0.277. The molecule has 3 heterocycles. The zero-order chi connectivity index (χ0) is 24.8. The summed E-state index contributed by atoms with van der Waals surface area (Å²) >= 11 is 1.53. The minimum atomic E-state index is -2.78. The van der Waals surface area contributed by atoms with Gasteiger partial charge >= 0.3 is 0 Å². The Morgan fingerprint density at radius 1 is 1.06 bits per heavy atom. The van der Waals surface area contributed by atoms with Crippen LogP contribution in [0.5, 0.6) is 0 Å². The fourth-order valence-electron chi connectivity index (χ4n) is 6.29. The third kappa shape index (κ3) is 5.42. The Kier molecular flexibility index (Phi) is 7.23. The fourth-order valence-corrected chi connectivity index (χ4v) is 7.24. The number of hydrogen-bond acceptors (Lipinski definition) is 6. The van der Waals surface area contributed by atoms with Crippen LogP contribution < -0.4 is 0 Å². The molecule has 35 heavy (non-hydrogen) atoms. The van der Waals surface area contributed by atoms with Crippen molar-refractivity contribution < 1.29 is 13.6 Å². The summed E-state index contributed by atoms with van der Waals surface area (Å²) in [5.74, 6) is -2.25. The van der Waals surface area contributed by atoms with Crippen molar-refractivity contribution in [1.29, 1.82) is 0 Å². The van der Waals surface area contributed by atoms with E-state index in [4.69, 9.17) is 4.98 Å². The summed E-state index contributed by atoms with van der Waals surface area (Å²) in [6.07, 6.45) is 5.19. The molecule has 1 aromatic rings. The second-order valence-electron chi connectivity index (χ2n) is 11.9. The Bertz CT molecular complexity index is 888. The first-order valence-corrected chi connectivity index (χ1v) is 14.4. The van der Waals surface area contributed by atoms with Gasteiger partial charge in [0.2, 0.25) is 5.91 Å². The molecular formula is C26H41F2N5OS. The fraction of sp³-hybridized carbons (Fsp3) is 0.885. The monoisotopic (exact) mass is 509 g/mol. The van der Waals surface area contributed by atoms with E-state index in [9.17, 15) is 4.79 Å². The van der Waals surface area contributed by atoms with E-state index in [1.807, 2.05) is 4.90 Å². The SMILES string of the molecule is CC(C)N1CCN([C@H]2CCCC(F)(F)[C@@H]2CC(=O)N2CCC(C)(c3nsc(C4CC4)n3)CC2)CC1. The summed E-state index contributed by atoms with van der Waals surface area (Å²) in [4.78, 5) is 24.6. The summed E-state index contributed by atoms with van der Waals surface area (Å²) < 4.78 is 35.1. The van der Waals surface area contributed by atoms with Gasteiger partial charge in [-0.2, -0.15) is 4.37 Å². The molecule has 9 heteroatoms. The van der Waals surface area contributed by atoms with Crippen LogP contribution in [0, 0.1) is 5.92 Å². The summed E-state index contributed by atoms with van der Waals surface area (Å²) in [6.45, 7) is 11.2. The third-order valence-electron chi connectivity index (χ3n) is 9.09. The maximum absolute atomic E-state index is 15.2. The van der Waals surface area contributed by atoms with E-state index in [-0.39, 0.29) is 30.2 Å². The highest BCUT2D eigenvalue weighted by molar-refractivity contribution is 7.05. The normalized spacial score (nSPS) is 30.1. The number of piperidine rings is 1. The van der Waals surface area contributed by atoms with Gasteiger partial charge in [-0.05, 0) is 63.9 Å². The number of hydrogen-bond donors (Lipinski definition) is 0. The molecule has 4 aliphatic rings. The molecule has 2 aliphatic heterocycles. The zero-order valence-electron chi connectivity index (χ0n) is 21.5. The molecule has 1 aromatic heterocycles. The van der Waals surface area contributed by atoms with Crippen molar-refractivity contribution in [2.24, 2.45) is 5.92 Å². The van der Waals surface area contributed by atoms with Gasteiger partial charge in [0.25, 0.3) is 5.92 Å². The van der Waals surface area contributed by atoms with Crippen molar-refractivity contribution in [3.63, 3.8) is 0 Å². The second-order valence-corrected chi connectivity index (χ2v) is 12.7. The minimum absolute atomic E-state index is 0.0421. The van der Waals surface area contributed by atoms with Gasteiger partial charge in [-0.15, -0.1) is 0 Å². The zero-order valence-corrected chi connectivity index (χ0v) is 22.3. The van der Waals surface area contributed by atoms with Gasteiger partial charge < -0.3 is 4.90 Å². The highest BCUT2D eigenvalue weighted by Crippen LogP contribution is 2.45. The smallest absolute Gasteiger partial charge is 0.252 e. The Morgan fingerprint density at radius 2 is 1.74 bits per heavy atom. The maximum Gasteiger partial charge on any atom is 0.252 e. The maximum atomic E-state index is 15.2. The molecule has 1 amide bonds. The number of rotatable bonds is 6. The molecule has 4 fully saturated rings. The van der Waals surface area contributed by atoms with Crippen LogP contribution in [0.15, 0.2) is 0 Å². The van der Waals surface area contributed by atoms with Gasteiger partial charge in [0.15, 0.2) is 0 Å². The lowest BCUT2D eigenvalue weighted by molar-refractivity contribution is -0.151. The average Bonchev–Trinajstić information content (AvgIpc) is 3.56. The van der Waals surface area contributed by atoms with Crippen molar-refractivity contribution in [1.82, 2.24) is 24.1 Å². The molecule has 0 N–H and O–H groups in total. The van der Waals surface area contributed by atoms with Crippen LogP contribution in [-0.2, 0) is 10.2 Å². The molecule has 2 saturated carbocycles. The standard InChI is InChI=1S/C26H41F2N5OS/c1-18(2)31-13-15-32(16-14-31)21-5-4-8-26(27,28)20(21)17-22(34)33-11-9-25(3,10-12-33)24-29-23(35-30-24)19-6-7-19/h18-21H,4-17H2,1-3H3/t20-,21+/m1/s1. The molecule has 2 atom stereocenters. The number of carbonyl (C=O) groups is 1. The van der Waals surface area contributed by atoms with E-state index in [2.05, 4.69) is 34.9 Å². The number of likely N-dealkylation sites (tertiary alicyclic amines) is 1. The Balaban J connectivity index is 1.20. The number of amides is 1. The molecule has 2 aliphatic carbocycles. The molecule has 0 radical (unpaired) electrons. The van der Waals surface area contributed by atoms with Gasteiger partial charge in [0.05, 0.1) is 0 Å². The lowest BCUT2D eigenvalue weighted by Gasteiger charge is -2.47. The largest absolute Gasteiger partial charge is 0.343 e. The van der Waals surface area contributed by atoms with Crippen LogP contribution in [0.3, 0.4) is 0 Å². The molecule has 0 unspecified atom stereocenters. The van der Waals surface area contributed by atoms with Gasteiger partial charge in [0.1, 0.15) is 10.8 Å². The molecular weight excluding hydrogens is 468 g/mol. The molecule has 196 valence electrons. The van der Waals surface area contributed by atoms with Crippen LogP contribution in [0.1, 0.15) is 88.9 Å². The van der Waals surface area contributed by atoms with Crippen LogP contribution in [0.25, 0.3) is 0 Å². The highest BCUT2D eigenvalue weighted by Gasteiger charge is 2.50. The van der Waals surface area contributed by atoms with E-state index in [1.54, 1.807) is 0 Å². The third-order valence-corrected chi connectivity index (χ3v) is 9.96. The molecule has 6 nitrogen and oxygen atoms in total. The molecule has 2 saturated heterocycles. The average molecular weight is 510 g/mol. The Hall–Kier alpha value is -1.19. The quantitative estimate of drug-likeness (QED) is 0.565. The lowest BCUT2D eigenvalue weighted by atomic mass is 9.77. The first-order chi connectivity index (χ1) is 16.7. The predicted molar refractivity (Wildman–Crippen MR) is 134 cm³/mol. The number of nitrogens with zero attached hydrogens (tertiary/aromatic N) is 5. The number of piperazine rings is 1.